The van der Waals surface area contributed by atoms with Gasteiger partial charge in [0.1, 0.15) is 0 Å². The van der Waals surface area contributed by atoms with E-state index >= 15 is 0 Å². The molecule has 3 heteroatoms. The Bertz CT molecular complexity index is 70.0. The minimum absolute atomic E-state index is 0.815. The van der Waals surface area contributed by atoms with Crippen molar-refractivity contribution in [2.24, 2.45) is 0 Å². The molecule has 0 atom stereocenters. The lowest BCUT2D eigenvalue weighted by Crippen LogP contribution is -2.08. The molecule has 0 amide bonds. The first-order valence-corrected chi connectivity index (χ1v) is 6.05. The highest BCUT2D eigenvalue weighted by Crippen LogP contribution is 2.28. The van der Waals surface area contributed by atoms with E-state index in [1.54, 1.807) is 0 Å². The summed E-state index contributed by atoms with van der Waals surface area (Å²) in [7, 11) is 0. The van der Waals surface area contributed by atoms with Crippen LogP contribution in [0.3, 0.4) is 0 Å². The Morgan fingerprint density at radius 1 is 1.10 bits per heavy atom. The van der Waals surface area contributed by atoms with E-state index in [0.717, 1.165) is 11.1 Å². The maximum Gasteiger partial charge on any atom is 0.276 e. The molecule has 0 nitrogen and oxygen atoms in total. The van der Waals surface area contributed by atoms with Crippen molar-refractivity contribution < 1.29 is 0 Å². The van der Waals surface area contributed by atoms with Crippen molar-refractivity contribution in [3.05, 3.63) is 0 Å². The van der Waals surface area contributed by atoms with Crippen LogP contribution < -0.4 is 0 Å². The van der Waals surface area contributed by atoms with Gasteiger partial charge < -0.3 is 0 Å². The van der Waals surface area contributed by atoms with Gasteiger partial charge in [0, 0.05) is 0 Å². The Labute approximate surface area is 73.8 Å². The third kappa shape index (κ3) is 4.56. The van der Waals surface area contributed by atoms with Crippen LogP contribution in [0, 0.1) is 0 Å². The predicted octanol–water partition coefficient (Wildman–Crippen LogP) is 3.39. The molecule has 0 spiro atoms. The van der Waals surface area contributed by atoms with Crippen LogP contribution in [-0.2, 0) is 0 Å². The molecule has 0 unspecified atom stereocenters. The molecule has 0 radical (unpaired) electrons. The van der Waals surface area contributed by atoms with E-state index in [-0.39, 0.29) is 0 Å². The highest BCUT2D eigenvalue weighted by Gasteiger charge is 2.17. The lowest BCUT2D eigenvalue weighted by molar-refractivity contribution is 1.07. The Balaban J connectivity index is 3.50. The van der Waals surface area contributed by atoms with Crippen LogP contribution in [0.4, 0.5) is 0 Å². The van der Waals surface area contributed by atoms with Crippen molar-refractivity contribution in [1.29, 1.82) is 0 Å². The summed E-state index contributed by atoms with van der Waals surface area (Å²) in [5.41, 5.74) is 0. The average molecular weight is 176 g/mol. The summed E-state index contributed by atoms with van der Waals surface area (Å²) < 4.78 is 0. The van der Waals surface area contributed by atoms with Crippen LogP contribution in [0.1, 0.15) is 27.7 Å². The van der Waals surface area contributed by atoms with Gasteiger partial charge >= 0.3 is 0 Å². The fraction of sp³-hybridized carbons (Fsp3) is 1.00. The van der Waals surface area contributed by atoms with Crippen molar-refractivity contribution in [3.63, 3.8) is 0 Å². The molecular weight excluding hydrogens is 159 g/mol. The van der Waals surface area contributed by atoms with Gasteiger partial charge in [-0.25, -0.2) is 0 Å². The van der Waals surface area contributed by atoms with Gasteiger partial charge in [0.15, 0.2) is 0 Å². The molecule has 0 fully saturated rings. The summed E-state index contributed by atoms with van der Waals surface area (Å²) in [5, 5.41) is 0.815. The van der Waals surface area contributed by atoms with Gasteiger partial charge in [-0.2, -0.15) is 23.2 Å². The Hall–Kier alpha value is 0.765. The van der Waals surface area contributed by atoms with Crippen molar-refractivity contribution >= 4 is 28.5 Å². The topological polar surface area (TPSA) is 0 Å². The lowest BCUT2D eigenvalue weighted by Gasteiger charge is -2.13. The smallest absolute Gasteiger partial charge is 0.195 e. The van der Waals surface area contributed by atoms with E-state index in [1.807, 2.05) is 0 Å². The number of hydrogen-bond acceptors (Lipinski definition) is 2. The normalized spacial score (nSPS) is 10.5. The maximum absolute atomic E-state index is 2.30. The quantitative estimate of drug-likeness (QED) is 0.589. The highest BCUT2D eigenvalue weighted by atomic mass is 32.2. The Morgan fingerprint density at radius 2 is 1.50 bits per heavy atom. The minimum atomic E-state index is 0.815. The molecule has 0 aliphatic heterocycles. The molecule has 0 aromatic heterocycles. The molecule has 0 saturated carbocycles. The molecule has 0 heterocycles. The molecule has 0 rings (SSSR count). The van der Waals surface area contributed by atoms with Crippen LogP contribution in [0.15, 0.2) is 0 Å². The summed E-state index contributed by atoms with van der Waals surface area (Å²) in [6, 6.07) is 0. The van der Waals surface area contributed by atoms with Crippen LogP contribution >= 0.6 is 23.2 Å². The van der Waals surface area contributed by atoms with E-state index in [9.17, 15) is 0 Å². The molecule has 10 heavy (non-hydrogen) atoms. The van der Waals surface area contributed by atoms with Crippen molar-refractivity contribution in [1.82, 2.24) is 0 Å². The van der Waals surface area contributed by atoms with Crippen molar-refractivity contribution in [2.45, 2.75) is 33.5 Å². The van der Waals surface area contributed by atoms with Gasteiger partial charge in [0.2, 0.25) is 0 Å². The van der Waals surface area contributed by atoms with Crippen molar-refractivity contribution in [2.75, 3.05) is 11.5 Å². The third-order valence-electron chi connectivity index (χ3n) is 1.21. The monoisotopic (exact) mass is 176 g/mol. The molecule has 0 aliphatic rings. The van der Waals surface area contributed by atoms with Gasteiger partial charge in [-0.1, -0.05) is 27.7 Å². The second-order valence-corrected chi connectivity index (χ2v) is 5.66. The number of rotatable bonds is 5. The van der Waals surface area contributed by atoms with E-state index < -0.39 is 0 Å². The summed E-state index contributed by atoms with van der Waals surface area (Å²) in [6.07, 6.45) is 0. The first-order chi connectivity index (χ1) is 4.72. The minimum Gasteiger partial charge on any atom is -0.195 e. The molecule has 0 saturated heterocycles. The van der Waals surface area contributed by atoms with Crippen LogP contribution in [0.5, 0.6) is 0 Å². The SMILES string of the molecule is CCSB(SCC)C(C)C. The zero-order valence-electron chi connectivity index (χ0n) is 7.39. The zero-order chi connectivity index (χ0) is 7.98. The van der Waals surface area contributed by atoms with Gasteiger partial charge in [0.05, 0.1) is 0 Å². The predicted molar refractivity (Wildman–Crippen MR) is 57.1 cm³/mol. The molecule has 0 aliphatic carbocycles. The van der Waals surface area contributed by atoms with Crippen LogP contribution in [-0.4, -0.2) is 16.8 Å². The largest absolute Gasteiger partial charge is 0.276 e. The van der Waals surface area contributed by atoms with Gasteiger partial charge in [-0.05, 0) is 17.3 Å². The standard InChI is InChI=1S/C7H17BS2/c1-5-9-8(7(3)4)10-6-2/h7H,5-6H2,1-4H3. The average Bonchev–Trinajstić information content (AvgIpc) is 1.87. The fourth-order valence-electron chi connectivity index (χ4n) is 0.762. The zero-order valence-corrected chi connectivity index (χ0v) is 9.02. The molecular formula is C7H17BS2. The van der Waals surface area contributed by atoms with Crippen LogP contribution in [0.2, 0.25) is 5.82 Å². The molecule has 60 valence electrons. The van der Waals surface area contributed by atoms with E-state index in [4.69, 9.17) is 0 Å². The van der Waals surface area contributed by atoms with Gasteiger partial charge in [0.25, 0.3) is 5.27 Å². The van der Waals surface area contributed by atoms with E-state index in [0.29, 0.717) is 0 Å². The van der Waals surface area contributed by atoms with E-state index in [1.165, 1.54) is 11.5 Å². The Morgan fingerprint density at radius 3 is 1.70 bits per heavy atom. The summed E-state index contributed by atoms with van der Waals surface area (Å²) in [4.78, 5) is 0. The first kappa shape index (κ1) is 10.8. The summed E-state index contributed by atoms with van der Waals surface area (Å²) >= 11 is 4.14. The summed E-state index contributed by atoms with van der Waals surface area (Å²) in [6.45, 7) is 9.07. The molecule has 0 bridgehead atoms. The van der Waals surface area contributed by atoms with Gasteiger partial charge in [-0.3, -0.25) is 0 Å². The fourth-order valence-corrected chi connectivity index (χ4v) is 3.39. The maximum atomic E-state index is 2.30. The van der Waals surface area contributed by atoms with Crippen molar-refractivity contribution in [3.8, 4) is 0 Å². The second kappa shape index (κ2) is 6.47. The van der Waals surface area contributed by atoms with Gasteiger partial charge in [-0.15, -0.1) is 0 Å². The second-order valence-electron chi connectivity index (χ2n) is 2.52. The third-order valence-corrected chi connectivity index (χ3v) is 4.44. The molecule has 0 N–H and O–H groups in total. The molecule has 0 aromatic rings. The van der Waals surface area contributed by atoms with Crippen LogP contribution in [0.25, 0.3) is 0 Å². The lowest BCUT2D eigenvalue weighted by atomic mass is 9.88. The number of hydrogen-bond donors (Lipinski definition) is 0. The molecule has 0 aromatic carbocycles. The van der Waals surface area contributed by atoms with E-state index in [2.05, 4.69) is 50.9 Å². The first-order valence-electron chi connectivity index (χ1n) is 3.95. The highest BCUT2D eigenvalue weighted by molar-refractivity contribution is 8.54. The Kier molecular flexibility index (Phi) is 6.97. The summed E-state index contributed by atoms with van der Waals surface area (Å²) in [5.74, 6) is 3.31.